The Morgan fingerprint density at radius 3 is 2.59 bits per heavy atom. The van der Waals surface area contributed by atoms with Gasteiger partial charge in [-0.05, 0) is 30.7 Å². The number of Topliss-reactive ketones (excluding diaryl/α,β-unsaturated/α-hetero) is 1. The van der Waals surface area contributed by atoms with E-state index in [-0.39, 0.29) is 11.5 Å². The smallest absolute Gasteiger partial charge is 0.159 e. The van der Waals surface area contributed by atoms with Crippen LogP contribution in [-0.4, -0.2) is 10.9 Å². The van der Waals surface area contributed by atoms with Crippen molar-refractivity contribution in [3.63, 3.8) is 0 Å². The molecule has 2 nitrogen and oxygen atoms in total. The number of hydrogen-bond donors (Lipinski definition) is 1. The molecule has 0 saturated carbocycles. The SMILES string of the molecule is CC(=O)c1cccc(-c2ccc(O)cc2F)c1. The number of carbonyl (C=O) groups is 1. The lowest BCUT2D eigenvalue weighted by molar-refractivity contribution is 0.101. The van der Waals surface area contributed by atoms with Gasteiger partial charge in [0.2, 0.25) is 0 Å². The van der Waals surface area contributed by atoms with Gasteiger partial charge < -0.3 is 5.11 Å². The third kappa shape index (κ3) is 2.33. The summed E-state index contributed by atoms with van der Waals surface area (Å²) in [6.07, 6.45) is 0. The van der Waals surface area contributed by atoms with Crippen molar-refractivity contribution in [3.05, 3.63) is 53.8 Å². The summed E-state index contributed by atoms with van der Waals surface area (Å²) in [5, 5.41) is 9.13. The summed E-state index contributed by atoms with van der Waals surface area (Å²) < 4.78 is 13.6. The molecule has 0 radical (unpaired) electrons. The van der Waals surface area contributed by atoms with Crippen LogP contribution in [0.15, 0.2) is 42.5 Å². The van der Waals surface area contributed by atoms with Gasteiger partial charge in [0.1, 0.15) is 11.6 Å². The Balaban J connectivity index is 2.53. The van der Waals surface area contributed by atoms with E-state index in [1.165, 1.54) is 19.1 Å². The molecule has 0 spiro atoms. The fourth-order valence-electron chi connectivity index (χ4n) is 1.64. The van der Waals surface area contributed by atoms with Crippen LogP contribution < -0.4 is 0 Å². The van der Waals surface area contributed by atoms with Gasteiger partial charge in [0.05, 0.1) is 0 Å². The molecule has 0 fully saturated rings. The second kappa shape index (κ2) is 4.37. The molecule has 0 heterocycles. The van der Waals surface area contributed by atoms with Crippen LogP contribution in [0.2, 0.25) is 0 Å². The minimum atomic E-state index is -0.509. The van der Waals surface area contributed by atoms with Crippen molar-refractivity contribution >= 4 is 5.78 Å². The van der Waals surface area contributed by atoms with Crippen LogP contribution in [-0.2, 0) is 0 Å². The van der Waals surface area contributed by atoms with Crippen molar-refractivity contribution in [1.82, 2.24) is 0 Å². The molecule has 0 saturated heterocycles. The number of phenolic OH excluding ortho intramolecular Hbond substituents is 1. The number of ketones is 1. The average Bonchev–Trinajstić information content (AvgIpc) is 2.29. The van der Waals surface area contributed by atoms with Crippen LogP contribution in [0.1, 0.15) is 17.3 Å². The Morgan fingerprint density at radius 1 is 1.18 bits per heavy atom. The predicted octanol–water partition coefficient (Wildman–Crippen LogP) is 3.40. The molecule has 0 aliphatic carbocycles. The summed E-state index contributed by atoms with van der Waals surface area (Å²) in [6, 6.07) is 10.7. The highest BCUT2D eigenvalue weighted by Gasteiger charge is 2.07. The fourth-order valence-corrected chi connectivity index (χ4v) is 1.64. The lowest BCUT2D eigenvalue weighted by atomic mass is 10.0. The summed E-state index contributed by atoms with van der Waals surface area (Å²) in [5.41, 5.74) is 1.52. The number of benzene rings is 2. The first kappa shape index (κ1) is 11.3. The third-order valence-corrected chi connectivity index (χ3v) is 2.53. The van der Waals surface area contributed by atoms with Gasteiger partial charge in [-0.25, -0.2) is 4.39 Å². The molecular weight excluding hydrogens is 219 g/mol. The zero-order valence-corrected chi connectivity index (χ0v) is 9.27. The standard InChI is InChI=1S/C14H11FO2/c1-9(16)10-3-2-4-11(7-10)13-6-5-12(17)8-14(13)15/h2-8,17H,1H3. The summed E-state index contributed by atoms with van der Waals surface area (Å²) in [5.74, 6) is -0.689. The Morgan fingerprint density at radius 2 is 1.94 bits per heavy atom. The number of hydrogen-bond acceptors (Lipinski definition) is 2. The zero-order chi connectivity index (χ0) is 12.4. The first-order valence-electron chi connectivity index (χ1n) is 5.18. The van der Waals surface area contributed by atoms with Crippen LogP contribution in [0, 0.1) is 5.82 Å². The molecule has 0 atom stereocenters. The monoisotopic (exact) mass is 230 g/mol. The number of rotatable bonds is 2. The van der Waals surface area contributed by atoms with Gasteiger partial charge in [-0.3, -0.25) is 4.79 Å². The van der Waals surface area contributed by atoms with E-state index in [1.54, 1.807) is 24.3 Å². The number of aromatic hydroxyl groups is 1. The molecule has 2 rings (SSSR count). The molecule has 0 bridgehead atoms. The van der Waals surface area contributed by atoms with Gasteiger partial charge in [-0.2, -0.15) is 0 Å². The van der Waals surface area contributed by atoms with Crippen LogP contribution >= 0.6 is 0 Å². The van der Waals surface area contributed by atoms with Crippen LogP contribution in [0.5, 0.6) is 5.75 Å². The Kier molecular flexibility index (Phi) is 2.91. The number of halogens is 1. The zero-order valence-electron chi connectivity index (χ0n) is 9.27. The molecule has 86 valence electrons. The van der Waals surface area contributed by atoms with E-state index < -0.39 is 5.82 Å². The lowest BCUT2D eigenvalue weighted by Gasteiger charge is -2.05. The molecule has 2 aromatic rings. The van der Waals surface area contributed by atoms with E-state index in [2.05, 4.69) is 0 Å². The van der Waals surface area contributed by atoms with Crippen molar-refractivity contribution in [1.29, 1.82) is 0 Å². The second-order valence-corrected chi connectivity index (χ2v) is 3.80. The van der Waals surface area contributed by atoms with E-state index >= 15 is 0 Å². The van der Waals surface area contributed by atoms with Gasteiger partial charge in [-0.15, -0.1) is 0 Å². The summed E-state index contributed by atoms with van der Waals surface area (Å²) in [7, 11) is 0. The molecule has 0 aliphatic rings. The first-order valence-corrected chi connectivity index (χ1v) is 5.18. The molecule has 3 heteroatoms. The summed E-state index contributed by atoms with van der Waals surface area (Å²) in [6.45, 7) is 1.46. The largest absolute Gasteiger partial charge is 0.508 e. The molecular formula is C14H11FO2. The second-order valence-electron chi connectivity index (χ2n) is 3.80. The molecule has 0 amide bonds. The Bertz CT molecular complexity index is 576. The first-order chi connectivity index (χ1) is 8.08. The highest BCUT2D eigenvalue weighted by Crippen LogP contribution is 2.26. The molecule has 1 N–H and O–H groups in total. The normalized spacial score (nSPS) is 10.2. The van der Waals surface area contributed by atoms with Gasteiger partial charge in [-0.1, -0.05) is 18.2 Å². The van der Waals surface area contributed by atoms with Gasteiger partial charge >= 0.3 is 0 Å². The minimum absolute atomic E-state index is 0.0639. The highest BCUT2D eigenvalue weighted by atomic mass is 19.1. The van der Waals surface area contributed by atoms with E-state index in [0.717, 1.165) is 6.07 Å². The van der Waals surface area contributed by atoms with Crippen molar-refractivity contribution in [3.8, 4) is 16.9 Å². The van der Waals surface area contributed by atoms with Crippen LogP contribution in [0.3, 0.4) is 0 Å². The fraction of sp³-hybridized carbons (Fsp3) is 0.0714. The summed E-state index contributed by atoms with van der Waals surface area (Å²) >= 11 is 0. The molecule has 17 heavy (non-hydrogen) atoms. The topological polar surface area (TPSA) is 37.3 Å². The molecule has 0 unspecified atom stereocenters. The third-order valence-electron chi connectivity index (χ3n) is 2.53. The summed E-state index contributed by atoms with van der Waals surface area (Å²) in [4.78, 5) is 11.2. The van der Waals surface area contributed by atoms with Crippen molar-refractivity contribution in [2.24, 2.45) is 0 Å². The quantitative estimate of drug-likeness (QED) is 0.803. The highest BCUT2D eigenvalue weighted by molar-refractivity contribution is 5.95. The van der Waals surface area contributed by atoms with Crippen molar-refractivity contribution in [2.45, 2.75) is 6.92 Å². The molecule has 0 aromatic heterocycles. The van der Waals surface area contributed by atoms with E-state index in [9.17, 15) is 9.18 Å². The van der Waals surface area contributed by atoms with Gasteiger partial charge in [0, 0.05) is 17.2 Å². The van der Waals surface area contributed by atoms with Crippen LogP contribution in [0.4, 0.5) is 4.39 Å². The maximum absolute atomic E-state index is 13.6. The maximum atomic E-state index is 13.6. The molecule has 2 aromatic carbocycles. The average molecular weight is 230 g/mol. The lowest BCUT2D eigenvalue weighted by Crippen LogP contribution is -1.92. The Labute approximate surface area is 98.3 Å². The van der Waals surface area contributed by atoms with E-state index in [1.807, 2.05) is 0 Å². The minimum Gasteiger partial charge on any atom is -0.508 e. The van der Waals surface area contributed by atoms with Crippen molar-refractivity contribution < 1.29 is 14.3 Å². The van der Waals surface area contributed by atoms with Gasteiger partial charge in [0.25, 0.3) is 0 Å². The molecule has 0 aliphatic heterocycles. The van der Waals surface area contributed by atoms with Crippen molar-refractivity contribution in [2.75, 3.05) is 0 Å². The predicted molar refractivity (Wildman–Crippen MR) is 63.5 cm³/mol. The van der Waals surface area contributed by atoms with Gasteiger partial charge in [0.15, 0.2) is 5.78 Å². The van der Waals surface area contributed by atoms with E-state index in [0.29, 0.717) is 16.7 Å². The number of phenols is 1. The Hall–Kier alpha value is -2.16. The van der Waals surface area contributed by atoms with E-state index in [4.69, 9.17) is 5.11 Å². The number of carbonyl (C=O) groups excluding carboxylic acids is 1. The van der Waals surface area contributed by atoms with Crippen LogP contribution in [0.25, 0.3) is 11.1 Å². The maximum Gasteiger partial charge on any atom is 0.159 e.